The maximum atomic E-state index is 13.2. The van der Waals surface area contributed by atoms with Gasteiger partial charge in [0.2, 0.25) is 5.91 Å². The zero-order chi connectivity index (χ0) is 22.4. The minimum atomic E-state index is -0.922. The maximum Gasteiger partial charge on any atom is 0.325 e. The topological polar surface area (TPSA) is 122 Å². The van der Waals surface area contributed by atoms with Crippen molar-refractivity contribution in [1.82, 2.24) is 30.4 Å². The highest BCUT2D eigenvalue weighted by atomic mass is 16.2. The van der Waals surface area contributed by atoms with Crippen molar-refractivity contribution in [2.45, 2.75) is 52.5 Å². The van der Waals surface area contributed by atoms with E-state index in [0.29, 0.717) is 30.1 Å². The van der Waals surface area contributed by atoms with Crippen LogP contribution in [0.5, 0.6) is 0 Å². The molecule has 1 aromatic carbocycles. The molecule has 2 heterocycles. The summed E-state index contributed by atoms with van der Waals surface area (Å²) in [6.45, 7) is 7.83. The fourth-order valence-electron chi connectivity index (χ4n) is 5.15. The number of urea groups is 1. The highest BCUT2D eigenvalue weighted by Gasteiger charge is 2.56. The fourth-order valence-corrected chi connectivity index (χ4v) is 5.15. The Bertz CT molecular complexity index is 1030. The van der Waals surface area contributed by atoms with Crippen molar-refractivity contribution >= 4 is 23.5 Å². The van der Waals surface area contributed by atoms with E-state index in [-0.39, 0.29) is 17.9 Å². The van der Waals surface area contributed by atoms with E-state index in [1.165, 1.54) is 11.0 Å². The lowest BCUT2D eigenvalue weighted by Crippen LogP contribution is -2.54. The quantitative estimate of drug-likeness (QED) is 0.723. The van der Waals surface area contributed by atoms with Crippen LogP contribution in [-0.4, -0.2) is 55.0 Å². The summed E-state index contributed by atoms with van der Waals surface area (Å²) in [5, 5.41) is 16.8. The van der Waals surface area contributed by atoms with Gasteiger partial charge >= 0.3 is 6.03 Å². The maximum absolute atomic E-state index is 13.2. The highest BCUT2D eigenvalue weighted by molar-refractivity contribution is 6.10. The number of hydrogen-bond donors (Lipinski definition) is 2. The van der Waals surface area contributed by atoms with Gasteiger partial charge in [-0.15, -0.1) is 5.10 Å². The van der Waals surface area contributed by atoms with Gasteiger partial charge < -0.3 is 10.6 Å². The Hall–Kier alpha value is -3.30. The fraction of sp³-hybridized carbons (Fsp3) is 0.524. The SMILES string of the molecule is Cc1ccc(-n2cnnn2)cc1NC(=O)CN1C(=O)NC2(CC(C)CC(C)(C)C2)C1=O. The Balaban J connectivity index is 1.49. The molecule has 1 aliphatic carbocycles. The van der Waals surface area contributed by atoms with E-state index in [1.54, 1.807) is 6.07 Å². The molecule has 1 saturated carbocycles. The molecule has 2 N–H and O–H groups in total. The van der Waals surface area contributed by atoms with Crippen LogP contribution in [0, 0.1) is 18.3 Å². The number of benzene rings is 1. The molecule has 0 radical (unpaired) electrons. The summed E-state index contributed by atoms with van der Waals surface area (Å²) in [7, 11) is 0. The lowest BCUT2D eigenvalue weighted by atomic mass is 9.64. The summed E-state index contributed by atoms with van der Waals surface area (Å²) in [6.07, 6.45) is 3.61. The third-order valence-electron chi connectivity index (χ3n) is 6.03. The summed E-state index contributed by atoms with van der Waals surface area (Å²) in [5.41, 5.74) is 1.09. The minimum absolute atomic E-state index is 0.0629. The van der Waals surface area contributed by atoms with Crippen LogP contribution >= 0.6 is 0 Å². The van der Waals surface area contributed by atoms with Crippen LogP contribution in [0.4, 0.5) is 10.5 Å². The second kappa shape index (κ2) is 7.44. The van der Waals surface area contributed by atoms with E-state index in [0.717, 1.165) is 16.9 Å². The molecule has 10 heteroatoms. The van der Waals surface area contributed by atoms with Crippen LogP contribution in [0.1, 0.15) is 45.6 Å². The van der Waals surface area contributed by atoms with Gasteiger partial charge in [-0.25, -0.2) is 9.48 Å². The van der Waals surface area contributed by atoms with Crippen molar-refractivity contribution in [1.29, 1.82) is 0 Å². The van der Waals surface area contributed by atoms with E-state index in [4.69, 9.17) is 0 Å². The van der Waals surface area contributed by atoms with Gasteiger partial charge in [-0.2, -0.15) is 0 Å². The van der Waals surface area contributed by atoms with Crippen LogP contribution in [0.2, 0.25) is 0 Å². The Morgan fingerprint density at radius 3 is 2.74 bits per heavy atom. The molecular weight excluding hydrogens is 398 g/mol. The zero-order valence-corrected chi connectivity index (χ0v) is 18.2. The number of aryl methyl sites for hydroxylation is 1. The summed E-state index contributed by atoms with van der Waals surface area (Å²) >= 11 is 0. The van der Waals surface area contributed by atoms with Gasteiger partial charge in [0.05, 0.1) is 5.69 Å². The summed E-state index contributed by atoms with van der Waals surface area (Å²) in [4.78, 5) is 39.6. The van der Waals surface area contributed by atoms with Crippen LogP contribution in [-0.2, 0) is 9.59 Å². The number of imide groups is 1. The van der Waals surface area contributed by atoms with Gasteiger partial charge in [-0.3, -0.25) is 14.5 Å². The molecule has 4 amide bonds. The first-order valence-electron chi connectivity index (χ1n) is 10.4. The smallest absolute Gasteiger partial charge is 0.324 e. The number of hydrogen-bond acceptors (Lipinski definition) is 6. The summed E-state index contributed by atoms with van der Waals surface area (Å²) < 4.78 is 1.47. The standard InChI is InChI=1S/C21H27N7O3/c1-13-8-20(3,4)11-21(9-13)18(30)27(19(31)24-21)10-17(29)23-16-7-15(6-5-14(16)2)28-12-22-25-26-28/h5-7,12-13H,8-11H2,1-4H3,(H,23,29)(H,24,31). The van der Waals surface area contributed by atoms with Crippen molar-refractivity contribution in [2.24, 2.45) is 11.3 Å². The molecule has 1 aliphatic heterocycles. The Morgan fingerprint density at radius 2 is 2.06 bits per heavy atom. The van der Waals surface area contributed by atoms with Gasteiger partial charge in [0.25, 0.3) is 5.91 Å². The number of carbonyl (C=O) groups is 3. The summed E-state index contributed by atoms with van der Waals surface area (Å²) in [5.74, 6) is -0.453. The van der Waals surface area contributed by atoms with Crippen molar-refractivity contribution in [3.05, 3.63) is 30.1 Å². The zero-order valence-electron chi connectivity index (χ0n) is 18.2. The molecule has 31 heavy (non-hydrogen) atoms. The molecule has 2 unspecified atom stereocenters. The van der Waals surface area contributed by atoms with Gasteiger partial charge in [-0.05, 0) is 65.6 Å². The predicted octanol–water partition coefficient (Wildman–Crippen LogP) is 2.05. The number of carbonyl (C=O) groups excluding carboxylic acids is 3. The first-order valence-corrected chi connectivity index (χ1v) is 10.4. The van der Waals surface area contributed by atoms with Crippen LogP contribution in [0.3, 0.4) is 0 Å². The minimum Gasteiger partial charge on any atom is -0.324 e. The number of nitrogens with one attached hydrogen (secondary N) is 2. The van der Waals surface area contributed by atoms with Crippen molar-refractivity contribution in [3.63, 3.8) is 0 Å². The van der Waals surface area contributed by atoms with Gasteiger partial charge in [0, 0.05) is 5.69 Å². The van der Waals surface area contributed by atoms with Crippen LogP contribution in [0.25, 0.3) is 5.69 Å². The Kier molecular flexibility index (Phi) is 5.03. The van der Waals surface area contributed by atoms with Crippen LogP contribution in [0.15, 0.2) is 24.5 Å². The molecule has 2 aromatic rings. The first kappa shape index (κ1) is 21.0. The lowest BCUT2D eigenvalue weighted by molar-refractivity contribution is -0.136. The number of nitrogens with zero attached hydrogens (tertiary/aromatic N) is 5. The normalized spacial score (nSPS) is 25.0. The molecular formula is C21H27N7O3. The molecule has 1 spiro atoms. The van der Waals surface area contributed by atoms with E-state index in [2.05, 4.69) is 46.9 Å². The number of aromatic nitrogens is 4. The molecule has 1 saturated heterocycles. The highest BCUT2D eigenvalue weighted by Crippen LogP contribution is 2.46. The molecule has 4 rings (SSSR count). The van der Waals surface area contributed by atoms with Gasteiger partial charge in [0.15, 0.2) is 0 Å². The molecule has 2 aliphatic rings. The lowest BCUT2D eigenvalue weighted by Gasteiger charge is -2.43. The number of tetrazole rings is 1. The molecule has 164 valence electrons. The monoisotopic (exact) mass is 425 g/mol. The molecule has 2 fully saturated rings. The third kappa shape index (κ3) is 4.01. The predicted molar refractivity (Wildman–Crippen MR) is 112 cm³/mol. The van der Waals surface area contributed by atoms with Gasteiger partial charge in [-0.1, -0.05) is 26.8 Å². The summed E-state index contributed by atoms with van der Waals surface area (Å²) in [6, 6.07) is 4.89. The van der Waals surface area contributed by atoms with E-state index < -0.39 is 17.5 Å². The number of amides is 4. The second-order valence-electron chi connectivity index (χ2n) is 9.56. The average Bonchev–Trinajstić information content (AvgIpc) is 3.26. The molecule has 1 aromatic heterocycles. The Morgan fingerprint density at radius 1 is 1.29 bits per heavy atom. The number of rotatable bonds is 4. The second-order valence-corrected chi connectivity index (χ2v) is 9.56. The molecule has 10 nitrogen and oxygen atoms in total. The van der Waals surface area contributed by atoms with Crippen molar-refractivity contribution in [2.75, 3.05) is 11.9 Å². The molecule has 0 bridgehead atoms. The average molecular weight is 425 g/mol. The van der Waals surface area contributed by atoms with E-state index >= 15 is 0 Å². The van der Waals surface area contributed by atoms with Crippen molar-refractivity contribution in [3.8, 4) is 5.69 Å². The molecule has 2 atom stereocenters. The number of anilines is 1. The Labute approximate surface area is 180 Å². The van der Waals surface area contributed by atoms with Gasteiger partial charge in [0.1, 0.15) is 18.4 Å². The first-order chi connectivity index (χ1) is 14.6. The van der Waals surface area contributed by atoms with E-state index in [1.807, 2.05) is 19.1 Å². The van der Waals surface area contributed by atoms with E-state index in [9.17, 15) is 14.4 Å². The van der Waals surface area contributed by atoms with Crippen LogP contribution < -0.4 is 10.6 Å². The van der Waals surface area contributed by atoms with Crippen molar-refractivity contribution < 1.29 is 14.4 Å². The largest absolute Gasteiger partial charge is 0.325 e. The third-order valence-corrected chi connectivity index (χ3v) is 6.03.